The van der Waals surface area contributed by atoms with Gasteiger partial charge in [0.1, 0.15) is 0 Å². The first kappa shape index (κ1) is 18.9. The van der Waals surface area contributed by atoms with Crippen LogP contribution >= 0.6 is 11.6 Å². The molecule has 28 heavy (non-hydrogen) atoms. The fourth-order valence-corrected chi connectivity index (χ4v) is 7.98. The van der Waals surface area contributed by atoms with Gasteiger partial charge in [0.05, 0.1) is 0 Å². The molecule has 0 amide bonds. The molecule has 6 atom stereocenters. The number of hydrogen-bond donors (Lipinski definition) is 0. The van der Waals surface area contributed by atoms with Gasteiger partial charge in [-0.1, -0.05) is 50.4 Å². The van der Waals surface area contributed by atoms with Gasteiger partial charge in [0.2, 0.25) is 0 Å². The minimum Gasteiger partial charge on any atom is -0.294 e. The van der Waals surface area contributed by atoms with E-state index < -0.39 is 0 Å². The number of rotatable bonds is 1. The summed E-state index contributed by atoms with van der Waals surface area (Å²) in [5.74, 6) is 3.51. The molecule has 1 nitrogen and oxygen atoms in total. The Bertz CT molecular complexity index is 808. The Labute approximate surface area is 174 Å². The lowest BCUT2D eigenvalue weighted by Crippen LogP contribution is -2.52. The van der Waals surface area contributed by atoms with E-state index in [1.165, 1.54) is 44.9 Å². The summed E-state index contributed by atoms with van der Waals surface area (Å²) >= 11 is 6.04. The molecule has 0 spiro atoms. The normalized spacial score (nSPS) is 44.1. The third-order valence-corrected chi connectivity index (χ3v) is 9.69. The Morgan fingerprint density at radius 1 is 0.964 bits per heavy atom. The van der Waals surface area contributed by atoms with E-state index in [0.29, 0.717) is 17.1 Å². The molecule has 4 fully saturated rings. The fourth-order valence-electron chi connectivity index (χ4n) is 7.85. The molecule has 150 valence electrons. The number of carbonyl (C=O) groups is 1. The van der Waals surface area contributed by atoms with Gasteiger partial charge in [0, 0.05) is 10.4 Å². The number of Topliss-reactive ketones (excluding diaryl/α,β-unsaturated/α-hetero) is 1. The fraction of sp³-hybridized carbons (Fsp3) is 0.654. The number of benzene rings is 1. The van der Waals surface area contributed by atoms with E-state index in [-0.39, 0.29) is 5.41 Å². The van der Waals surface area contributed by atoms with Crippen LogP contribution in [0.3, 0.4) is 0 Å². The zero-order valence-corrected chi connectivity index (χ0v) is 18.1. The van der Waals surface area contributed by atoms with Crippen molar-refractivity contribution in [1.82, 2.24) is 0 Å². The molecular weight excluding hydrogens is 364 g/mol. The second kappa shape index (κ2) is 6.73. The van der Waals surface area contributed by atoms with E-state index >= 15 is 0 Å². The van der Waals surface area contributed by atoms with Gasteiger partial charge in [-0.2, -0.15) is 0 Å². The average Bonchev–Trinajstić information content (AvgIpc) is 2.94. The van der Waals surface area contributed by atoms with Crippen LogP contribution in [0.25, 0.3) is 6.08 Å². The first-order chi connectivity index (χ1) is 13.4. The first-order valence-corrected chi connectivity index (χ1v) is 11.8. The van der Waals surface area contributed by atoms with Gasteiger partial charge >= 0.3 is 0 Å². The van der Waals surface area contributed by atoms with Crippen LogP contribution in [0.1, 0.15) is 77.2 Å². The number of ketones is 1. The third kappa shape index (κ3) is 2.76. The van der Waals surface area contributed by atoms with Crippen molar-refractivity contribution in [2.75, 3.05) is 0 Å². The zero-order chi connectivity index (χ0) is 19.5. The van der Waals surface area contributed by atoms with Gasteiger partial charge in [-0.15, -0.1) is 0 Å². The van der Waals surface area contributed by atoms with Crippen LogP contribution in [0.2, 0.25) is 5.02 Å². The molecule has 4 saturated carbocycles. The lowest BCUT2D eigenvalue weighted by molar-refractivity contribution is -0.137. The Morgan fingerprint density at radius 3 is 2.54 bits per heavy atom. The molecule has 0 N–H and O–H groups in total. The highest BCUT2D eigenvalue weighted by molar-refractivity contribution is 6.30. The third-order valence-electron chi connectivity index (χ3n) is 9.43. The second-order valence-corrected chi connectivity index (χ2v) is 11.0. The molecule has 0 saturated heterocycles. The summed E-state index contributed by atoms with van der Waals surface area (Å²) in [6.07, 6.45) is 14.0. The second-order valence-electron chi connectivity index (χ2n) is 10.6. The lowest BCUT2D eigenvalue weighted by Gasteiger charge is -2.59. The van der Waals surface area contributed by atoms with Crippen molar-refractivity contribution in [2.45, 2.75) is 71.6 Å². The van der Waals surface area contributed by atoms with Crippen LogP contribution in [0.4, 0.5) is 0 Å². The SMILES string of the molecule is CC12CCC3C(CCC4CCCCC43C)C1CC(=Cc1ccc(Cl)cc1)C2=O. The van der Waals surface area contributed by atoms with Crippen molar-refractivity contribution in [3.8, 4) is 0 Å². The van der Waals surface area contributed by atoms with Crippen LogP contribution in [0.15, 0.2) is 29.8 Å². The van der Waals surface area contributed by atoms with Gasteiger partial charge < -0.3 is 0 Å². The predicted octanol–water partition coefficient (Wildman–Crippen LogP) is 7.34. The van der Waals surface area contributed by atoms with Crippen LogP contribution < -0.4 is 0 Å². The van der Waals surface area contributed by atoms with Crippen molar-refractivity contribution in [3.63, 3.8) is 0 Å². The summed E-state index contributed by atoms with van der Waals surface area (Å²) in [5.41, 5.74) is 2.58. The maximum absolute atomic E-state index is 13.5. The van der Waals surface area contributed by atoms with Gasteiger partial charge in [-0.05, 0) is 103 Å². The molecule has 0 aromatic heterocycles. The van der Waals surface area contributed by atoms with Gasteiger partial charge in [0.15, 0.2) is 5.78 Å². The standard InChI is InChI=1S/C26H33ClO/c1-25-13-4-3-5-19(25)8-11-21-22(25)12-14-26(2)23(21)16-18(24(26)28)15-17-6-9-20(27)10-7-17/h6-7,9-10,15,19,21-23H,3-5,8,11-14,16H2,1-2H3. The minimum atomic E-state index is -0.128. The van der Waals surface area contributed by atoms with E-state index in [1.807, 2.05) is 24.3 Å². The molecule has 2 heteroatoms. The van der Waals surface area contributed by atoms with Gasteiger partial charge in [0.25, 0.3) is 0 Å². The van der Waals surface area contributed by atoms with Gasteiger partial charge in [-0.25, -0.2) is 0 Å². The van der Waals surface area contributed by atoms with Crippen molar-refractivity contribution in [3.05, 3.63) is 40.4 Å². The molecule has 0 heterocycles. The number of allylic oxidation sites excluding steroid dienone is 1. The molecule has 0 radical (unpaired) electrons. The van der Waals surface area contributed by atoms with E-state index in [9.17, 15) is 4.79 Å². The molecule has 0 aliphatic heterocycles. The minimum absolute atomic E-state index is 0.128. The Morgan fingerprint density at radius 2 is 1.75 bits per heavy atom. The van der Waals surface area contributed by atoms with E-state index in [2.05, 4.69) is 19.9 Å². The number of hydrogen-bond acceptors (Lipinski definition) is 1. The zero-order valence-electron chi connectivity index (χ0n) is 17.3. The number of fused-ring (bicyclic) bond motifs is 5. The molecule has 0 bridgehead atoms. The molecule has 1 aromatic rings. The predicted molar refractivity (Wildman–Crippen MR) is 116 cm³/mol. The van der Waals surface area contributed by atoms with Crippen LogP contribution in [0, 0.1) is 34.5 Å². The summed E-state index contributed by atoms with van der Waals surface area (Å²) in [5, 5.41) is 0.751. The summed E-state index contributed by atoms with van der Waals surface area (Å²) in [4.78, 5) is 13.5. The molecule has 4 aliphatic rings. The van der Waals surface area contributed by atoms with Crippen molar-refractivity contribution in [1.29, 1.82) is 0 Å². The highest BCUT2D eigenvalue weighted by atomic mass is 35.5. The smallest absolute Gasteiger partial charge is 0.165 e. The van der Waals surface area contributed by atoms with E-state index in [4.69, 9.17) is 11.6 Å². The summed E-state index contributed by atoms with van der Waals surface area (Å²) < 4.78 is 0. The molecule has 1 aromatic carbocycles. The quantitative estimate of drug-likeness (QED) is 0.454. The largest absolute Gasteiger partial charge is 0.294 e. The van der Waals surface area contributed by atoms with Crippen molar-refractivity contribution >= 4 is 23.5 Å². The average molecular weight is 397 g/mol. The molecular formula is C26H33ClO. The molecule has 4 aliphatic carbocycles. The summed E-state index contributed by atoms with van der Waals surface area (Å²) in [6, 6.07) is 7.90. The van der Waals surface area contributed by atoms with E-state index in [0.717, 1.165) is 46.8 Å². The molecule has 5 rings (SSSR count). The highest BCUT2D eigenvalue weighted by Crippen LogP contribution is 2.66. The van der Waals surface area contributed by atoms with Crippen LogP contribution in [0.5, 0.6) is 0 Å². The Hall–Kier alpha value is -1.08. The number of carbonyl (C=O) groups excluding carboxylic acids is 1. The van der Waals surface area contributed by atoms with Gasteiger partial charge in [-0.3, -0.25) is 4.79 Å². The highest BCUT2D eigenvalue weighted by Gasteiger charge is 2.60. The Balaban J connectivity index is 1.45. The number of halogens is 1. The monoisotopic (exact) mass is 396 g/mol. The van der Waals surface area contributed by atoms with Crippen molar-refractivity contribution < 1.29 is 4.79 Å². The maximum atomic E-state index is 13.5. The maximum Gasteiger partial charge on any atom is 0.165 e. The summed E-state index contributed by atoms with van der Waals surface area (Å²) in [7, 11) is 0. The first-order valence-electron chi connectivity index (χ1n) is 11.4. The van der Waals surface area contributed by atoms with Crippen molar-refractivity contribution in [2.24, 2.45) is 34.5 Å². The molecule has 6 unspecified atom stereocenters. The summed E-state index contributed by atoms with van der Waals surface area (Å²) in [6.45, 7) is 4.89. The lowest BCUT2D eigenvalue weighted by atomic mass is 9.45. The van der Waals surface area contributed by atoms with Crippen LogP contribution in [-0.2, 0) is 4.79 Å². The Kier molecular flexibility index (Phi) is 4.54. The van der Waals surface area contributed by atoms with E-state index in [1.54, 1.807) is 0 Å². The van der Waals surface area contributed by atoms with Crippen LogP contribution in [-0.4, -0.2) is 5.78 Å². The topological polar surface area (TPSA) is 17.1 Å².